The zero-order valence-corrected chi connectivity index (χ0v) is 24.2. The van der Waals surface area contributed by atoms with Crippen molar-refractivity contribution in [3.63, 3.8) is 0 Å². The Kier molecular flexibility index (Phi) is 13.3. The predicted octanol–water partition coefficient (Wildman–Crippen LogP) is 5.68. The number of nitrogen functional groups attached to an aromatic ring is 1. The lowest BCUT2D eigenvalue weighted by Crippen LogP contribution is -2.40. The Morgan fingerprint density at radius 1 is 1.08 bits per heavy atom. The van der Waals surface area contributed by atoms with Gasteiger partial charge < -0.3 is 26.0 Å². The molecule has 2 aromatic carbocycles. The SMILES string of the molecule is CCCN(CCCCCCNCCc1ccc2[nH]c(=O)sc2c1)C1CCc2cc(O)c(N)cc2C1.Cl.Cl. The minimum atomic E-state index is 0. The molecule has 0 bridgehead atoms. The number of phenolic OH excluding ortho intramolecular Hbond substituents is 1. The van der Waals surface area contributed by atoms with E-state index in [4.69, 9.17) is 5.73 Å². The van der Waals surface area contributed by atoms with Gasteiger partial charge in [0.2, 0.25) is 0 Å². The number of hydrogen-bond donors (Lipinski definition) is 4. The van der Waals surface area contributed by atoms with Gasteiger partial charge in [-0.15, -0.1) is 24.8 Å². The maximum absolute atomic E-state index is 11.5. The Morgan fingerprint density at radius 3 is 2.70 bits per heavy atom. The fourth-order valence-electron chi connectivity index (χ4n) is 5.29. The summed E-state index contributed by atoms with van der Waals surface area (Å²) in [6.45, 7) is 6.62. The first kappa shape index (κ1) is 31.4. The molecule has 1 heterocycles. The molecule has 6 nitrogen and oxygen atoms in total. The molecule has 3 aromatic rings. The zero-order valence-electron chi connectivity index (χ0n) is 21.8. The van der Waals surface area contributed by atoms with E-state index in [2.05, 4.69) is 34.3 Å². The van der Waals surface area contributed by atoms with Gasteiger partial charge in [0.05, 0.1) is 15.9 Å². The molecule has 1 aliphatic carbocycles. The molecule has 0 amide bonds. The third kappa shape index (κ3) is 8.89. The summed E-state index contributed by atoms with van der Waals surface area (Å²) in [5, 5.41) is 13.5. The van der Waals surface area contributed by atoms with Crippen molar-refractivity contribution in [3.05, 3.63) is 56.7 Å². The number of nitrogens with two attached hydrogens (primary N) is 1. The first-order valence-electron chi connectivity index (χ1n) is 13.2. The standard InChI is InChI=1S/C28H40N4O2S.2ClH/c1-2-14-32(23-9-8-21-19-26(33)24(29)18-22(21)17-23)15-6-4-3-5-12-30-13-11-20-7-10-25-27(16-20)35-28(34)31-25;;/h7,10,16,18-19,23,30,33H,2-6,8-9,11-15,17,29H2,1H3,(H,31,34);2*1H. The van der Waals surface area contributed by atoms with Gasteiger partial charge in [0.1, 0.15) is 5.75 Å². The lowest BCUT2D eigenvalue weighted by Gasteiger charge is -2.35. The van der Waals surface area contributed by atoms with Crippen LogP contribution in [-0.4, -0.2) is 47.2 Å². The van der Waals surface area contributed by atoms with Crippen LogP contribution in [0.5, 0.6) is 5.75 Å². The highest BCUT2D eigenvalue weighted by Gasteiger charge is 2.24. The van der Waals surface area contributed by atoms with Crippen LogP contribution in [-0.2, 0) is 19.3 Å². The topological polar surface area (TPSA) is 94.4 Å². The van der Waals surface area contributed by atoms with Crippen molar-refractivity contribution in [1.29, 1.82) is 0 Å². The van der Waals surface area contributed by atoms with Crippen LogP contribution in [0, 0.1) is 0 Å². The van der Waals surface area contributed by atoms with E-state index in [1.807, 2.05) is 18.2 Å². The smallest absolute Gasteiger partial charge is 0.305 e. The fourth-order valence-corrected chi connectivity index (χ4v) is 6.09. The van der Waals surface area contributed by atoms with Crippen LogP contribution in [0.2, 0.25) is 0 Å². The van der Waals surface area contributed by atoms with Crippen molar-refractivity contribution < 1.29 is 5.11 Å². The largest absolute Gasteiger partial charge is 0.506 e. The number of thiazole rings is 1. The van der Waals surface area contributed by atoms with E-state index in [0.29, 0.717) is 11.7 Å². The summed E-state index contributed by atoms with van der Waals surface area (Å²) in [4.78, 5) is 17.0. The molecule has 1 unspecified atom stereocenters. The maximum Gasteiger partial charge on any atom is 0.305 e. The summed E-state index contributed by atoms with van der Waals surface area (Å²) in [5.41, 5.74) is 11.2. The van der Waals surface area contributed by atoms with Gasteiger partial charge in [-0.3, -0.25) is 4.79 Å². The van der Waals surface area contributed by atoms with E-state index in [1.165, 1.54) is 66.7 Å². The zero-order chi connectivity index (χ0) is 24.6. The van der Waals surface area contributed by atoms with Crippen molar-refractivity contribution in [2.45, 2.75) is 70.8 Å². The predicted molar refractivity (Wildman–Crippen MR) is 162 cm³/mol. The lowest BCUT2D eigenvalue weighted by atomic mass is 9.86. The number of unbranched alkanes of at least 4 members (excludes halogenated alkanes) is 3. The molecule has 5 N–H and O–H groups in total. The molecule has 0 spiro atoms. The van der Waals surface area contributed by atoms with Gasteiger partial charge in [-0.05, 0) is 112 Å². The van der Waals surface area contributed by atoms with Crippen LogP contribution in [0.1, 0.15) is 62.1 Å². The van der Waals surface area contributed by atoms with Crippen molar-refractivity contribution >= 4 is 52.1 Å². The number of halogens is 2. The summed E-state index contributed by atoms with van der Waals surface area (Å²) in [5.74, 6) is 0.222. The first-order chi connectivity index (χ1) is 17.0. The van der Waals surface area contributed by atoms with Crippen LogP contribution >= 0.6 is 36.2 Å². The number of fused-ring (bicyclic) bond motifs is 2. The van der Waals surface area contributed by atoms with Crippen LogP contribution in [0.3, 0.4) is 0 Å². The molecule has 37 heavy (non-hydrogen) atoms. The highest BCUT2D eigenvalue weighted by molar-refractivity contribution is 7.16. The van der Waals surface area contributed by atoms with Gasteiger partial charge in [0.25, 0.3) is 0 Å². The monoisotopic (exact) mass is 568 g/mol. The number of rotatable bonds is 13. The average molecular weight is 570 g/mol. The summed E-state index contributed by atoms with van der Waals surface area (Å²) in [7, 11) is 0. The number of hydrogen-bond acceptors (Lipinski definition) is 6. The van der Waals surface area contributed by atoms with Crippen LogP contribution in [0.4, 0.5) is 5.69 Å². The summed E-state index contributed by atoms with van der Waals surface area (Å²) >= 11 is 1.28. The van der Waals surface area contributed by atoms with E-state index in [1.54, 1.807) is 0 Å². The second kappa shape index (κ2) is 15.6. The van der Waals surface area contributed by atoms with Crippen molar-refractivity contribution in [2.24, 2.45) is 0 Å². The van der Waals surface area contributed by atoms with Crippen LogP contribution in [0.15, 0.2) is 35.1 Å². The van der Waals surface area contributed by atoms with E-state index in [0.717, 1.165) is 55.5 Å². The van der Waals surface area contributed by atoms with E-state index in [9.17, 15) is 9.90 Å². The lowest BCUT2D eigenvalue weighted by molar-refractivity contribution is 0.176. The average Bonchev–Trinajstić information content (AvgIpc) is 3.22. The quantitative estimate of drug-likeness (QED) is 0.121. The van der Waals surface area contributed by atoms with Gasteiger partial charge in [0, 0.05) is 6.04 Å². The number of anilines is 1. The molecule has 1 aromatic heterocycles. The second-order valence-electron chi connectivity index (χ2n) is 9.87. The van der Waals surface area contributed by atoms with Crippen molar-refractivity contribution in [1.82, 2.24) is 15.2 Å². The van der Waals surface area contributed by atoms with Gasteiger partial charge in [-0.1, -0.05) is 37.2 Å². The minimum Gasteiger partial charge on any atom is -0.506 e. The molecule has 206 valence electrons. The van der Waals surface area contributed by atoms with Crippen LogP contribution in [0.25, 0.3) is 10.2 Å². The third-order valence-electron chi connectivity index (χ3n) is 7.20. The Bertz CT molecular complexity index is 1170. The van der Waals surface area contributed by atoms with Crippen molar-refractivity contribution in [2.75, 3.05) is 31.9 Å². The molecule has 9 heteroatoms. The van der Waals surface area contributed by atoms with E-state index in [-0.39, 0.29) is 35.4 Å². The Labute approximate surface area is 236 Å². The van der Waals surface area contributed by atoms with Gasteiger partial charge in [-0.2, -0.15) is 0 Å². The molecular formula is C28H42Cl2N4O2S. The highest BCUT2D eigenvalue weighted by atomic mass is 35.5. The molecular weight excluding hydrogens is 527 g/mol. The number of aromatic amines is 1. The number of aromatic nitrogens is 1. The summed E-state index contributed by atoms with van der Waals surface area (Å²) in [6.07, 6.45) is 10.4. The van der Waals surface area contributed by atoms with E-state index >= 15 is 0 Å². The fraction of sp³-hybridized carbons (Fsp3) is 0.536. The minimum absolute atomic E-state index is 0. The Hall–Kier alpha value is -1.77. The summed E-state index contributed by atoms with van der Waals surface area (Å²) < 4.78 is 1.05. The molecule has 0 aliphatic heterocycles. The molecule has 0 fully saturated rings. The second-order valence-corrected chi connectivity index (χ2v) is 10.9. The Balaban J connectivity index is 0.00000241. The van der Waals surface area contributed by atoms with Crippen LogP contribution < -0.4 is 15.9 Å². The number of nitrogens with one attached hydrogen (secondary N) is 2. The van der Waals surface area contributed by atoms with Gasteiger partial charge >= 0.3 is 4.87 Å². The highest BCUT2D eigenvalue weighted by Crippen LogP contribution is 2.31. The molecule has 0 saturated heterocycles. The van der Waals surface area contributed by atoms with Gasteiger partial charge in [0.15, 0.2) is 0 Å². The molecule has 1 aliphatic rings. The molecule has 4 rings (SSSR count). The van der Waals surface area contributed by atoms with E-state index < -0.39 is 0 Å². The molecule has 0 saturated carbocycles. The van der Waals surface area contributed by atoms with Crippen molar-refractivity contribution in [3.8, 4) is 5.75 Å². The summed E-state index contributed by atoms with van der Waals surface area (Å²) in [6, 6.07) is 10.7. The molecule has 1 atom stereocenters. The number of aryl methyl sites for hydroxylation is 1. The van der Waals surface area contributed by atoms with Gasteiger partial charge in [-0.25, -0.2) is 0 Å². The Morgan fingerprint density at radius 2 is 1.89 bits per heavy atom. The number of aromatic hydroxyl groups is 1. The maximum atomic E-state index is 11.5. The number of phenols is 1. The molecule has 0 radical (unpaired) electrons. The first-order valence-corrected chi connectivity index (χ1v) is 14.0. The number of nitrogens with zero attached hydrogens (tertiary/aromatic N) is 1. The number of benzene rings is 2. The normalized spacial score (nSPS) is 14.8. The number of H-pyrrole nitrogens is 1. The third-order valence-corrected chi connectivity index (χ3v) is 8.05.